The molecule has 0 bridgehead atoms. The zero-order valence-electron chi connectivity index (χ0n) is 16.7. The van der Waals surface area contributed by atoms with E-state index in [1.54, 1.807) is 12.1 Å². The zero-order valence-corrected chi connectivity index (χ0v) is 17.5. The number of nitrogens with one attached hydrogen (secondary N) is 2. The summed E-state index contributed by atoms with van der Waals surface area (Å²) in [5.74, 6) is -0.844. The molecule has 0 aliphatic rings. The summed E-state index contributed by atoms with van der Waals surface area (Å²) in [5.41, 5.74) is 3.15. The number of benzene rings is 2. The number of anilines is 1. The molecule has 0 saturated carbocycles. The van der Waals surface area contributed by atoms with Crippen LogP contribution in [0.4, 0.5) is 5.00 Å². The van der Waals surface area contributed by atoms with E-state index in [9.17, 15) is 14.4 Å². The molecule has 0 spiro atoms. The smallest absolute Gasteiger partial charge is 0.341 e. The van der Waals surface area contributed by atoms with Crippen molar-refractivity contribution < 1.29 is 14.3 Å². The molecule has 4 rings (SSSR count). The van der Waals surface area contributed by atoms with Crippen LogP contribution in [0.15, 0.2) is 64.8 Å². The molecule has 2 N–H and O–H groups in total. The maximum absolute atomic E-state index is 12.6. The van der Waals surface area contributed by atoms with Gasteiger partial charge >= 0.3 is 5.97 Å². The summed E-state index contributed by atoms with van der Waals surface area (Å²) in [5, 5.41) is 5.01. The zero-order chi connectivity index (χ0) is 21.8. The van der Waals surface area contributed by atoms with Crippen molar-refractivity contribution in [1.82, 2.24) is 9.97 Å². The van der Waals surface area contributed by atoms with Gasteiger partial charge in [-0.05, 0) is 17.7 Å². The molecule has 2 aromatic carbocycles. The van der Waals surface area contributed by atoms with E-state index in [1.165, 1.54) is 18.4 Å². The van der Waals surface area contributed by atoms with Gasteiger partial charge in [0.05, 0.1) is 18.1 Å². The van der Waals surface area contributed by atoms with E-state index in [0.717, 1.165) is 5.56 Å². The first-order chi connectivity index (χ1) is 15.1. The minimum Gasteiger partial charge on any atom is -0.465 e. The van der Waals surface area contributed by atoms with Crippen molar-refractivity contribution in [2.24, 2.45) is 0 Å². The average molecular weight is 433 g/mol. The molecule has 2 aromatic heterocycles. The second-order valence-electron chi connectivity index (χ2n) is 6.79. The lowest BCUT2D eigenvalue weighted by molar-refractivity contribution is -0.116. The van der Waals surface area contributed by atoms with E-state index >= 15 is 0 Å². The lowest BCUT2D eigenvalue weighted by Crippen LogP contribution is -2.19. The Hall–Kier alpha value is -3.78. The highest BCUT2D eigenvalue weighted by Gasteiger charge is 2.22. The maximum Gasteiger partial charge on any atom is 0.341 e. The van der Waals surface area contributed by atoms with Crippen LogP contribution in [0, 0.1) is 0 Å². The van der Waals surface area contributed by atoms with Crippen LogP contribution in [0.5, 0.6) is 0 Å². The number of aromatic amines is 1. The molecule has 0 unspecified atom stereocenters. The number of carbonyl (C=O) groups is 2. The van der Waals surface area contributed by atoms with Gasteiger partial charge in [0, 0.05) is 23.8 Å². The Morgan fingerprint density at radius 3 is 2.61 bits per heavy atom. The van der Waals surface area contributed by atoms with Crippen LogP contribution in [-0.4, -0.2) is 29.0 Å². The summed E-state index contributed by atoms with van der Waals surface area (Å²) >= 11 is 1.25. The molecule has 0 atom stereocenters. The molecule has 0 aliphatic carbocycles. The third-order valence-electron chi connectivity index (χ3n) is 4.78. The number of methoxy groups -OCH3 is 1. The third kappa shape index (κ3) is 4.39. The molecule has 2 heterocycles. The van der Waals surface area contributed by atoms with Crippen molar-refractivity contribution in [3.63, 3.8) is 0 Å². The maximum atomic E-state index is 12.6. The summed E-state index contributed by atoms with van der Waals surface area (Å²) < 4.78 is 4.93. The fourth-order valence-corrected chi connectivity index (χ4v) is 4.22. The number of aromatic nitrogens is 2. The first-order valence-electron chi connectivity index (χ1n) is 9.60. The van der Waals surface area contributed by atoms with Gasteiger partial charge in [0.15, 0.2) is 0 Å². The van der Waals surface area contributed by atoms with Crippen LogP contribution in [0.3, 0.4) is 0 Å². The number of esters is 1. The van der Waals surface area contributed by atoms with Crippen molar-refractivity contribution in [1.29, 1.82) is 0 Å². The number of aryl methyl sites for hydroxylation is 1. The fourth-order valence-electron chi connectivity index (χ4n) is 3.24. The van der Waals surface area contributed by atoms with Gasteiger partial charge in [0.25, 0.3) is 5.56 Å². The molecule has 0 fully saturated rings. The predicted molar refractivity (Wildman–Crippen MR) is 120 cm³/mol. The second kappa shape index (κ2) is 8.93. The number of fused-ring (bicyclic) bond motifs is 1. The van der Waals surface area contributed by atoms with Crippen molar-refractivity contribution in [3.8, 4) is 11.1 Å². The van der Waals surface area contributed by atoms with Crippen molar-refractivity contribution in [2.45, 2.75) is 12.8 Å². The van der Waals surface area contributed by atoms with Crippen molar-refractivity contribution in [2.75, 3.05) is 12.4 Å². The number of hydrogen-bond acceptors (Lipinski definition) is 6. The first-order valence-corrected chi connectivity index (χ1v) is 10.5. The number of hydrogen-bond donors (Lipinski definition) is 2. The van der Waals surface area contributed by atoms with Crippen LogP contribution in [-0.2, 0) is 16.0 Å². The predicted octanol–water partition coefficient (Wildman–Crippen LogP) is 4.01. The van der Waals surface area contributed by atoms with Gasteiger partial charge in [-0.25, -0.2) is 9.78 Å². The van der Waals surface area contributed by atoms with Gasteiger partial charge in [-0.1, -0.05) is 42.5 Å². The van der Waals surface area contributed by atoms with Crippen molar-refractivity contribution in [3.05, 3.63) is 81.6 Å². The Balaban J connectivity index is 1.53. The molecular formula is C23H19N3O4S. The number of rotatable bonds is 6. The molecule has 31 heavy (non-hydrogen) atoms. The number of nitrogens with zero attached hydrogens (tertiary/aromatic N) is 1. The summed E-state index contributed by atoms with van der Waals surface area (Å²) in [6.07, 6.45) is 0.226. The highest BCUT2D eigenvalue weighted by molar-refractivity contribution is 7.15. The molecular weight excluding hydrogens is 414 g/mol. The van der Waals surface area contributed by atoms with Crippen LogP contribution in [0.1, 0.15) is 22.5 Å². The Morgan fingerprint density at radius 1 is 1.10 bits per heavy atom. The Kier molecular flexibility index (Phi) is 5.90. The minimum atomic E-state index is -0.525. The Labute approximate surface area is 181 Å². The number of para-hydroxylation sites is 2. The highest BCUT2D eigenvalue weighted by atomic mass is 32.1. The van der Waals surface area contributed by atoms with Crippen LogP contribution < -0.4 is 10.9 Å². The number of thiophene rings is 1. The largest absolute Gasteiger partial charge is 0.465 e. The van der Waals surface area contributed by atoms with Crippen molar-refractivity contribution >= 4 is 39.2 Å². The molecule has 0 saturated heterocycles. The van der Waals surface area contributed by atoms with Crippen LogP contribution in [0.25, 0.3) is 22.2 Å². The SMILES string of the molecule is COC(=O)c1c(-c2ccccc2)csc1NC(=O)CCc1nc2ccccc2[nH]c1=O. The average Bonchev–Trinajstić information content (AvgIpc) is 3.21. The van der Waals surface area contributed by atoms with E-state index < -0.39 is 5.97 Å². The molecule has 7 nitrogen and oxygen atoms in total. The fraction of sp³-hybridized carbons (Fsp3) is 0.130. The van der Waals surface area contributed by atoms with E-state index in [2.05, 4.69) is 15.3 Å². The van der Waals surface area contributed by atoms with Gasteiger partial charge in [-0.2, -0.15) is 0 Å². The van der Waals surface area contributed by atoms with Gasteiger partial charge in [-0.3, -0.25) is 9.59 Å². The van der Waals surface area contributed by atoms with Crippen LogP contribution in [0.2, 0.25) is 0 Å². The van der Waals surface area contributed by atoms with Gasteiger partial charge < -0.3 is 15.0 Å². The number of amides is 1. The van der Waals surface area contributed by atoms with Crippen LogP contribution >= 0.6 is 11.3 Å². The normalized spacial score (nSPS) is 10.7. The summed E-state index contributed by atoms with van der Waals surface area (Å²) in [7, 11) is 1.30. The van der Waals surface area contributed by atoms with E-state index in [1.807, 2.05) is 47.8 Å². The molecule has 8 heteroatoms. The molecule has 156 valence electrons. The summed E-state index contributed by atoms with van der Waals surface area (Å²) in [4.78, 5) is 44.3. The third-order valence-corrected chi connectivity index (χ3v) is 5.67. The Morgan fingerprint density at radius 2 is 1.84 bits per heavy atom. The number of ether oxygens (including phenoxy) is 1. The molecule has 0 aliphatic heterocycles. The Bertz CT molecular complexity index is 1310. The lowest BCUT2D eigenvalue weighted by Gasteiger charge is -2.08. The number of H-pyrrole nitrogens is 1. The van der Waals surface area contributed by atoms with Gasteiger partial charge in [0.1, 0.15) is 16.3 Å². The van der Waals surface area contributed by atoms with E-state index in [4.69, 9.17) is 4.74 Å². The summed E-state index contributed by atoms with van der Waals surface area (Å²) in [6.45, 7) is 0. The second-order valence-corrected chi connectivity index (χ2v) is 7.67. The monoisotopic (exact) mass is 433 g/mol. The number of carbonyl (C=O) groups excluding carboxylic acids is 2. The quantitative estimate of drug-likeness (QED) is 0.448. The topological polar surface area (TPSA) is 101 Å². The highest BCUT2D eigenvalue weighted by Crippen LogP contribution is 2.36. The van der Waals surface area contributed by atoms with E-state index in [-0.39, 0.29) is 30.0 Å². The molecule has 4 aromatic rings. The van der Waals surface area contributed by atoms with E-state index in [0.29, 0.717) is 27.2 Å². The standard InChI is InChI=1S/C23H19N3O4S/c1-30-23(29)20-15(14-7-3-2-4-8-14)13-31-22(20)26-19(27)12-11-18-21(28)25-17-10-6-5-9-16(17)24-18/h2-10,13H,11-12H2,1H3,(H,25,28)(H,26,27). The lowest BCUT2D eigenvalue weighted by atomic mass is 10.0. The molecule has 1 amide bonds. The first kappa shape index (κ1) is 20.5. The minimum absolute atomic E-state index is 0.0492. The van der Waals surface area contributed by atoms with Gasteiger partial charge in [-0.15, -0.1) is 11.3 Å². The molecule has 0 radical (unpaired) electrons. The summed E-state index contributed by atoms with van der Waals surface area (Å²) in [6, 6.07) is 16.6. The van der Waals surface area contributed by atoms with Gasteiger partial charge in [0.2, 0.25) is 5.91 Å².